The zero-order valence-corrected chi connectivity index (χ0v) is 23.5. The summed E-state index contributed by atoms with van der Waals surface area (Å²) in [5, 5.41) is 3.02. The third-order valence-electron chi connectivity index (χ3n) is 7.31. The molecule has 0 radical (unpaired) electrons. The maximum absolute atomic E-state index is 13.2. The number of nitrogens with one attached hydrogen (secondary N) is 1. The fourth-order valence-electron chi connectivity index (χ4n) is 5.38. The number of allylic oxidation sites excluding steroid dienone is 1. The second-order valence-corrected chi connectivity index (χ2v) is 11.8. The number of hydrogen-bond donors (Lipinski definition) is 1. The van der Waals surface area contributed by atoms with E-state index in [0.29, 0.717) is 31.5 Å². The van der Waals surface area contributed by atoms with E-state index in [1.54, 1.807) is 25.9 Å². The molecule has 1 N–H and O–H groups in total. The summed E-state index contributed by atoms with van der Waals surface area (Å²) in [5.41, 5.74) is 4.00. The first-order valence-electron chi connectivity index (χ1n) is 13.3. The van der Waals surface area contributed by atoms with E-state index in [9.17, 15) is 9.36 Å². The first-order chi connectivity index (χ1) is 17.9. The average Bonchev–Trinajstić information content (AvgIpc) is 2.89. The van der Waals surface area contributed by atoms with Crippen LogP contribution in [0.5, 0.6) is 0 Å². The Morgan fingerprint density at radius 3 is 2.32 bits per heavy atom. The maximum Gasteiger partial charge on any atom is 0.335 e. The van der Waals surface area contributed by atoms with Gasteiger partial charge in [0.1, 0.15) is 0 Å². The Balaban J connectivity index is 1.45. The molecule has 1 atom stereocenters. The Morgan fingerprint density at radius 1 is 1.03 bits per heavy atom. The lowest BCUT2D eigenvalue weighted by Crippen LogP contribution is -2.51. The smallest absolute Gasteiger partial charge is 0.335 e. The lowest BCUT2D eigenvalue weighted by atomic mass is 9.83. The van der Waals surface area contributed by atoms with Crippen molar-refractivity contribution in [1.82, 2.24) is 14.7 Å². The Hall–Kier alpha value is -2.16. The number of nitrogens with zero attached hydrogens (tertiary/aromatic N) is 3. The van der Waals surface area contributed by atoms with E-state index in [4.69, 9.17) is 13.8 Å². The van der Waals surface area contributed by atoms with Gasteiger partial charge >= 0.3 is 13.6 Å². The second-order valence-electron chi connectivity index (χ2n) is 9.76. The largest absolute Gasteiger partial charge is 0.501 e. The molecule has 1 aromatic rings. The predicted octanol–water partition coefficient (Wildman–Crippen LogP) is 4.88. The van der Waals surface area contributed by atoms with Gasteiger partial charge in [-0.15, -0.1) is 0 Å². The first-order valence-corrected chi connectivity index (χ1v) is 15.0. The molecule has 2 heterocycles. The van der Waals surface area contributed by atoms with Crippen molar-refractivity contribution < 1.29 is 23.1 Å². The highest BCUT2D eigenvalue weighted by molar-refractivity contribution is 7.53. The molecule has 1 unspecified atom stereocenters. The van der Waals surface area contributed by atoms with Gasteiger partial charge in [-0.05, 0) is 62.6 Å². The summed E-state index contributed by atoms with van der Waals surface area (Å²) in [4.78, 5) is 19.9. The highest BCUT2D eigenvalue weighted by Gasteiger charge is 2.35. The molecular weight excluding hydrogens is 491 g/mol. The van der Waals surface area contributed by atoms with Crippen molar-refractivity contribution in [2.45, 2.75) is 45.3 Å². The molecule has 2 aliphatic heterocycles. The van der Waals surface area contributed by atoms with Crippen molar-refractivity contribution in [1.29, 1.82) is 0 Å². The number of fused-ring (bicyclic) bond motifs is 1. The van der Waals surface area contributed by atoms with Crippen molar-refractivity contribution in [3.8, 4) is 0 Å². The van der Waals surface area contributed by atoms with E-state index in [0.717, 1.165) is 56.8 Å². The van der Waals surface area contributed by atoms with Gasteiger partial charge in [0.05, 0.1) is 32.2 Å². The quantitative estimate of drug-likeness (QED) is 0.454. The second kappa shape index (κ2) is 12.6. The Bertz CT molecular complexity index is 1040. The van der Waals surface area contributed by atoms with Gasteiger partial charge in [-0.2, -0.15) is 0 Å². The number of rotatable bonds is 9. The number of urea groups is 1. The molecule has 204 valence electrons. The molecular formula is C27H41N4O5P. The molecule has 9 nitrogen and oxygen atoms in total. The fourth-order valence-corrected chi connectivity index (χ4v) is 7.08. The molecule has 37 heavy (non-hydrogen) atoms. The van der Waals surface area contributed by atoms with Crippen LogP contribution in [0.1, 0.15) is 38.7 Å². The van der Waals surface area contributed by atoms with Crippen LogP contribution in [0.25, 0.3) is 0 Å². The van der Waals surface area contributed by atoms with Gasteiger partial charge < -0.3 is 28.9 Å². The molecule has 0 bridgehead atoms. The third-order valence-corrected chi connectivity index (χ3v) is 9.36. The highest BCUT2D eigenvalue weighted by Crippen LogP contribution is 2.51. The normalized spacial score (nSPS) is 21.5. The molecule has 1 aromatic carbocycles. The summed E-state index contributed by atoms with van der Waals surface area (Å²) in [5.74, 6) is 1.06. The lowest BCUT2D eigenvalue weighted by Gasteiger charge is -2.43. The number of anilines is 1. The number of hydrogen-bond acceptors (Lipinski definition) is 7. The molecule has 0 saturated carbocycles. The van der Waals surface area contributed by atoms with Gasteiger partial charge in [-0.3, -0.25) is 9.46 Å². The SMILES string of the molecule is CCOP(=O)(Cc1ccc(NC(=O)N2C=C3C(=C(OC)CCC3N3CCN(C)CC3)CC2)cc1)OCC. The molecule has 10 heteroatoms. The Labute approximate surface area is 220 Å². The minimum atomic E-state index is -3.17. The number of methoxy groups -OCH3 is 1. The number of piperazine rings is 1. The number of benzene rings is 1. The molecule has 0 aromatic heterocycles. The minimum absolute atomic E-state index is 0.157. The predicted molar refractivity (Wildman–Crippen MR) is 146 cm³/mol. The summed E-state index contributed by atoms with van der Waals surface area (Å²) in [6, 6.07) is 7.51. The lowest BCUT2D eigenvalue weighted by molar-refractivity contribution is 0.113. The Morgan fingerprint density at radius 2 is 1.70 bits per heavy atom. The van der Waals surface area contributed by atoms with E-state index >= 15 is 0 Å². The van der Waals surface area contributed by atoms with E-state index in [2.05, 4.69) is 22.2 Å². The molecule has 1 saturated heterocycles. The summed E-state index contributed by atoms with van der Waals surface area (Å²) < 4.78 is 29.4. The van der Waals surface area contributed by atoms with Crippen LogP contribution in [0.2, 0.25) is 0 Å². The number of likely N-dealkylation sites (N-methyl/N-ethyl adjacent to an activating group) is 1. The van der Waals surface area contributed by atoms with Crippen LogP contribution in [0, 0.1) is 0 Å². The maximum atomic E-state index is 13.2. The zero-order chi connectivity index (χ0) is 26.4. The summed E-state index contributed by atoms with van der Waals surface area (Å²) in [6.45, 7) is 9.06. The van der Waals surface area contributed by atoms with Gasteiger partial charge in [0, 0.05) is 57.1 Å². The van der Waals surface area contributed by atoms with Gasteiger partial charge in [0.25, 0.3) is 0 Å². The monoisotopic (exact) mass is 532 g/mol. The van der Waals surface area contributed by atoms with Crippen LogP contribution in [-0.4, -0.2) is 86.9 Å². The van der Waals surface area contributed by atoms with Gasteiger partial charge in [-0.1, -0.05) is 12.1 Å². The standard InChI is InChI=1S/C27H41N4O5P/c1-5-35-37(33,36-6-2)20-21-7-9-22(10-8-21)28-27(32)31-14-13-23-24(19-31)25(11-12-26(23)34-4)30-17-15-29(3)16-18-30/h7-10,19,25H,5-6,11-18,20H2,1-4H3,(H,28,32). The Kier molecular flexibility index (Phi) is 9.48. The molecule has 4 rings (SSSR count). The van der Waals surface area contributed by atoms with Crippen molar-refractivity contribution in [2.24, 2.45) is 0 Å². The topological polar surface area (TPSA) is 83.6 Å². The molecule has 1 aliphatic carbocycles. The highest BCUT2D eigenvalue weighted by atomic mass is 31.2. The van der Waals surface area contributed by atoms with Gasteiger partial charge in [0.15, 0.2) is 0 Å². The van der Waals surface area contributed by atoms with Crippen LogP contribution in [0.4, 0.5) is 10.5 Å². The summed E-state index contributed by atoms with van der Waals surface area (Å²) in [6.07, 6.45) is 4.97. The van der Waals surface area contributed by atoms with E-state index < -0.39 is 7.60 Å². The average molecular weight is 533 g/mol. The van der Waals surface area contributed by atoms with Gasteiger partial charge in [0.2, 0.25) is 0 Å². The number of carbonyl (C=O) groups excluding carboxylic acids is 1. The number of carbonyl (C=O) groups is 1. The molecule has 2 amide bonds. The molecule has 0 spiro atoms. The number of amides is 2. The van der Waals surface area contributed by atoms with Crippen LogP contribution < -0.4 is 5.32 Å². The third kappa shape index (κ3) is 6.84. The first kappa shape index (κ1) is 27.9. The van der Waals surface area contributed by atoms with Crippen LogP contribution in [0.15, 0.2) is 47.4 Å². The van der Waals surface area contributed by atoms with E-state index in [-0.39, 0.29) is 12.2 Å². The fraction of sp³-hybridized carbons (Fsp3) is 0.593. The van der Waals surface area contributed by atoms with E-state index in [1.807, 2.05) is 30.5 Å². The zero-order valence-electron chi connectivity index (χ0n) is 22.6. The van der Waals surface area contributed by atoms with Crippen molar-refractivity contribution >= 4 is 19.3 Å². The van der Waals surface area contributed by atoms with E-state index in [1.165, 1.54) is 11.1 Å². The van der Waals surface area contributed by atoms with Crippen LogP contribution in [0.3, 0.4) is 0 Å². The minimum Gasteiger partial charge on any atom is -0.501 e. The van der Waals surface area contributed by atoms with Crippen molar-refractivity contribution in [2.75, 3.05) is 65.4 Å². The van der Waals surface area contributed by atoms with Crippen LogP contribution in [-0.2, 0) is 24.5 Å². The summed E-state index contributed by atoms with van der Waals surface area (Å²) >= 11 is 0. The van der Waals surface area contributed by atoms with Crippen molar-refractivity contribution in [3.63, 3.8) is 0 Å². The van der Waals surface area contributed by atoms with Crippen LogP contribution >= 0.6 is 7.60 Å². The molecule has 3 aliphatic rings. The van der Waals surface area contributed by atoms with Gasteiger partial charge in [-0.25, -0.2) is 4.79 Å². The number of ether oxygens (including phenoxy) is 1. The summed E-state index contributed by atoms with van der Waals surface area (Å²) in [7, 11) is 0.745. The van der Waals surface area contributed by atoms with Crippen molar-refractivity contribution in [3.05, 3.63) is 52.9 Å². The molecule has 1 fully saturated rings.